The van der Waals surface area contributed by atoms with Crippen LogP contribution in [0.15, 0.2) is 48.9 Å². The summed E-state index contributed by atoms with van der Waals surface area (Å²) in [6.45, 7) is 2.50. The van der Waals surface area contributed by atoms with Crippen LogP contribution < -0.4 is 0 Å². The van der Waals surface area contributed by atoms with Crippen molar-refractivity contribution in [2.45, 2.75) is 19.9 Å². The van der Waals surface area contributed by atoms with Gasteiger partial charge in [-0.15, -0.1) is 0 Å². The Balaban J connectivity index is 1.68. The van der Waals surface area contributed by atoms with Crippen LogP contribution in [0.3, 0.4) is 0 Å². The number of imidazole rings is 1. The number of hydrogen-bond acceptors (Lipinski definition) is 4. The number of fused-ring (bicyclic) bond motifs is 5. The quantitative estimate of drug-likeness (QED) is 0.493. The second kappa shape index (κ2) is 5.59. The Morgan fingerprint density at radius 2 is 2.08 bits per heavy atom. The zero-order chi connectivity index (χ0) is 17.7. The number of aromatic nitrogens is 6. The van der Waals surface area contributed by atoms with E-state index in [0.717, 1.165) is 22.8 Å². The highest BCUT2D eigenvalue weighted by Gasteiger charge is 2.24. The zero-order valence-electron chi connectivity index (χ0n) is 14.1. The Kier molecular flexibility index (Phi) is 3.21. The van der Waals surface area contributed by atoms with Crippen molar-refractivity contribution in [2.24, 2.45) is 0 Å². The molecule has 0 spiro atoms. The standard InChI is InChI=1S/C19H15FN6/c1-12-17-10-26-19(23-18(24-26)9-14-4-2-3-7-21-14)15-8-13(20)5-6-16(15)25(17)11-22-12/h2-8,11H,9-10H2,1H3. The maximum absolute atomic E-state index is 14.0. The highest BCUT2D eigenvalue weighted by molar-refractivity contribution is 5.69. The van der Waals surface area contributed by atoms with Gasteiger partial charge in [-0.05, 0) is 37.3 Å². The summed E-state index contributed by atoms with van der Waals surface area (Å²) < 4.78 is 17.8. The fraction of sp³-hybridized carbons (Fsp3) is 0.158. The molecule has 0 fully saturated rings. The summed E-state index contributed by atoms with van der Waals surface area (Å²) >= 11 is 0. The van der Waals surface area contributed by atoms with Gasteiger partial charge in [0.15, 0.2) is 11.6 Å². The molecule has 3 aromatic heterocycles. The van der Waals surface area contributed by atoms with Crippen LogP contribution in [0.1, 0.15) is 22.9 Å². The normalized spacial score (nSPS) is 12.2. The van der Waals surface area contributed by atoms with Gasteiger partial charge in [0, 0.05) is 17.5 Å². The number of hydrogen-bond donors (Lipinski definition) is 0. The monoisotopic (exact) mass is 346 g/mol. The van der Waals surface area contributed by atoms with Gasteiger partial charge in [-0.2, -0.15) is 5.10 Å². The van der Waals surface area contributed by atoms with E-state index in [0.29, 0.717) is 30.2 Å². The minimum Gasteiger partial charge on any atom is -0.300 e. The van der Waals surface area contributed by atoms with Crippen LogP contribution in [0.2, 0.25) is 0 Å². The van der Waals surface area contributed by atoms with Crippen molar-refractivity contribution in [1.82, 2.24) is 29.3 Å². The predicted molar refractivity (Wildman–Crippen MR) is 93.4 cm³/mol. The van der Waals surface area contributed by atoms with Gasteiger partial charge in [-0.25, -0.2) is 19.0 Å². The van der Waals surface area contributed by atoms with Crippen molar-refractivity contribution in [3.8, 4) is 17.1 Å². The number of nitrogens with zero attached hydrogens (tertiary/aromatic N) is 6. The Morgan fingerprint density at radius 3 is 2.92 bits per heavy atom. The third kappa shape index (κ3) is 2.32. The summed E-state index contributed by atoms with van der Waals surface area (Å²) in [5.41, 5.74) is 4.41. The first-order valence-corrected chi connectivity index (χ1v) is 8.36. The van der Waals surface area contributed by atoms with Crippen molar-refractivity contribution in [1.29, 1.82) is 0 Å². The summed E-state index contributed by atoms with van der Waals surface area (Å²) in [7, 11) is 0. The van der Waals surface area contributed by atoms with Crippen molar-refractivity contribution in [3.63, 3.8) is 0 Å². The number of pyridine rings is 1. The molecule has 5 rings (SSSR count). The predicted octanol–water partition coefficient (Wildman–Crippen LogP) is 2.93. The first-order valence-electron chi connectivity index (χ1n) is 8.36. The van der Waals surface area contributed by atoms with Crippen molar-refractivity contribution in [3.05, 3.63) is 77.6 Å². The van der Waals surface area contributed by atoms with Crippen molar-refractivity contribution in [2.75, 3.05) is 0 Å². The van der Waals surface area contributed by atoms with Crippen molar-refractivity contribution < 1.29 is 4.39 Å². The molecule has 4 heterocycles. The van der Waals surface area contributed by atoms with Crippen LogP contribution in [0.5, 0.6) is 0 Å². The maximum atomic E-state index is 14.0. The van der Waals surface area contributed by atoms with Crippen molar-refractivity contribution >= 4 is 0 Å². The molecule has 4 aromatic rings. The van der Waals surface area contributed by atoms with E-state index in [2.05, 4.69) is 15.1 Å². The molecule has 1 aromatic carbocycles. The molecular formula is C19H15FN6. The van der Waals surface area contributed by atoms with Gasteiger partial charge in [-0.1, -0.05) is 6.07 Å². The van der Waals surface area contributed by atoms with Gasteiger partial charge in [0.2, 0.25) is 0 Å². The number of rotatable bonds is 2. The molecule has 1 aliphatic heterocycles. The molecule has 1 aliphatic rings. The number of benzene rings is 1. The lowest BCUT2D eigenvalue weighted by atomic mass is 10.1. The van der Waals surface area contributed by atoms with Gasteiger partial charge >= 0.3 is 0 Å². The van der Waals surface area contributed by atoms with E-state index in [1.807, 2.05) is 34.4 Å². The number of halogens is 1. The Bertz CT molecular complexity index is 1110. The van der Waals surface area contributed by atoms with Gasteiger partial charge in [0.25, 0.3) is 0 Å². The first-order chi connectivity index (χ1) is 12.7. The summed E-state index contributed by atoms with van der Waals surface area (Å²) in [6.07, 6.45) is 4.05. The largest absolute Gasteiger partial charge is 0.300 e. The van der Waals surface area contributed by atoms with Crippen LogP contribution >= 0.6 is 0 Å². The highest BCUT2D eigenvalue weighted by atomic mass is 19.1. The highest BCUT2D eigenvalue weighted by Crippen LogP contribution is 2.32. The Hall–Kier alpha value is -3.35. The maximum Gasteiger partial charge on any atom is 0.161 e. The summed E-state index contributed by atoms with van der Waals surface area (Å²) in [5.74, 6) is 1.03. The van der Waals surface area contributed by atoms with E-state index in [1.165, 1.54) is 12.1 Å². The minimum atomic E-state index is -0.301. The Morgan fingerprint density at radius 1 is 1.15 bits per heavy atom. The van der Waals surface area contributed by atoms with Crippen LogP contribution in [-0.4, -0.2) is 29.3 Å². The molecule has 0 bridgehead atoms. The van der Waals surface area contributed by atoms with Crippen LogP contribution in [0.4, 0.5) is 4.39 Å². The third-order valence-corrected chi connectivity index (χ3v) is 4.61. The molecule has 0 N–H and O–H groups in total. The van der Waals surface area contributed by atoms with Gasteiger partial charge in [0.1, 0.15) is 5.82 Å². The smallest absolute Gasteiger partial charge is 0.161 e. The fourth-order valence-corrected chi connectivity index (χ4v) is 3.34. The van der Waals surface area contributed by atoms with Gasteiger partial charge in [0.05, 0.1) is 36.4 Å². The molecule has 0 atom stereocenters. The molecule has 0 unspecified atom stereocenters. The van der Waals surface area contributed by atoms with E-state index in [9.17, 15) is 4.39 Å². The van der Waals surface area contributed by atoms with Crippen LogP contribution in [-0.2, 0) is 13.0 Å². The molecule has 7 heteroatoms. The minimum absolute atomic E-state index is 0.301. The van der Waals surface area contributed by atoms with E-state index in [-0.39, 0.29) is 5.82 Å². The SMILES string of the molecule is Cc1ncn2c1Cn1nc(Cc3ccccn3)nc1-c1cc(F)ccc1-2. The fourth-order valence-electron chi connectivity index (χ4n) is 3.34. The molecule has 0 radical (unpaired) electrons. The Labute approximate surface area is 149 Å². The molecule has 0 aliphatic carbocycles. The second-order valence-corrected chi connectivity index (χ2v) is 6.32. The van der Waals surface area contributed by atoms with Crippen LogP contribution in [0, 0.1) is 12.7 Å². The van der Waals surface area contributed by atoms with E-state index < -0.39 is 0 Å². The lowest BCUT2D eigenvalue weighted by Crippen LogP contribution is -2.06. The molecular weight excluding hydrogens is 331 g/mol. The lowest BCUT2D eigenvalue weighted by Gasteiger charge is -2.08. The van der Waals surface area contributed by atoms with Gasteiger partial charge in [-0.3, -0.25) is 4.98 Å². The summed E-state index contributed by atoms with van der Waals surface area (Å²) in [4.78, 5) is 13.4. The van der Waals surface area contributed by atoms with Crippen LogP contribution in [0.25, 0.3) is 17.1 Å². The molecule has 26 heavy (non-hydrogen) atoms. The second-order valence-electron chi connectivity index (χ2n) is 6.32. The summed E-state index contributed by atoms with van der Waals surface area (Å²) in [6, 6.07) is 10.5. The topological polar surface area (TPSA) is 61.4 Å². The van der Waals surface area contributed by atoms with E-state index in [4.69, 9.17) is 4.98 Å². The molecule has 0 amide bonds. The number of aryl methyl sites for hydroxylation is 1. The molecule has 128 valence electrons. The molecule has 0 saturated carbocycles. The zero-order valence-corrected chi connectivity index (χ0v) is 14.1. The molecule has 0 saturated heterocycles. The lowest BCUT2D eigenvalue weighted by molar-refractivity contribution is 0.627. The average molecular weight is 346 g/mol. The molecule has 6 nitrogen and oxygen atoms in total. The third-order valence-electron chi connectivity index (χ3n) is 4.61. The van der Waals surface area contributed by atoms with Gasteiger partial charge < -0.3 is 4.57 Å². The van der Waals surface area contributed by atoms with E-state index in [1.54, 1.807) is 18.6 Å². The average Bonchev–Trinajstić information content (AvgIpc) is 3.17. The summed E-state index contributed by atoms with van der Waals surface area (Å²) in [5, 5.41) is 4.66. The first kappa shape index (κ1) is 14.9. The van der Waals surface area contributed by atoms with E-state index >= 15 is 0 Å².